The smallest absolute Gasteiger partial charge is 0.198 e. The molecule has 130 valence electrons. The molecule has 1 nitrogen and oxygen atoms in total. The lowest BCUT2D eigenvalue weighted by molar-refractivity contribution is -0.665. The first-order chi connectivity index (χ1) is 12.2. The van der Waals surface area contributed by atoms with Gasteiger partial charge in [-0.25, -0.2) is 0 Å². The van der Waals surface area contributed by atoms with Crippen LogP contribution in [0.4, 0.5) is 0 Å². The third kappa shape index (κ3) is 3.20. The Kier molecular flexibility index (Phi) is 4.33. The molecule has 0 amide bonds. The van der Waals surface area contributed by atoms with E-state index >= 15 is 0 Å². The minimum Gasteiger partial charge on any atom is -0.198 e. The lowest BCUT2D eigenvalue weighted by Crippen LogP contribution is -2.35. The SMILES string of the molecule is [2H]c1c(C)[n+](C)c(-c2cc(C(C)C)ccc2C)c2ccc(C(C)C)cc12. The Hall–Kier alpha value is -2.15. The van der Waals surface area contributed by atoms with Crippen LogP contribution in [0.2, 0.25) is 0 Å². The molecule has 0 atom stereocenters. The van der Waals surface area contributed by atoms with Gasteiger partial charge in [0.1, 0.15) is 7.05 Å². The van der Waals surface area contributed by atoms with E-state index in [1.807, 2.05) is 0 Å². The molecular formula is C24H30N+. The number of rotatable bonds is 3. The van der Waals surface area contributed by atoms with Crippen molar-refractivity contribution in [1.82, 2.24) is 0 Å². The van der Waals surface area contributed by atoms with E-state index in [1.54, 1.807) is 0 Å². The summed E-state index contributed by atoms with van der Waals surface area (Å²) < 4.78 is 10.9. The van der Waals surface area contributed by atoms with Crippen LogP contribution in [0.5, 0.6) is 0 Å². The number of fused-ring (bicyclic) bond motifs is 1. The Morgan fingerprint density at radius 1 is 0.880 bits per heavy atom. The van der Waals surface area contributed by atoms with Crippen LogP contribution in [0.3, 0.4) is 0 Å². The Balaban J connectivity index is 2.42. The molecule has 0 spiro atoms. The summed E-state index contributed by atoms with van der Waals surface area (Å²) in [6.45, 7) is 13.1. The molecule has 0 aliphatic carbocycles. The normalized spacial score (nSPS) is 12.3. The average Bonchev–Trinajstić information content (AvgIpc) is 2.60. The number of hydrogen-bond donors (Lipinski definition) is 0. The minimum absolute atomic E-state index is 0.461. The maximum Gasteiger partial charge on any atom is 0.220 e. The highest BCUT2D eigenvalue weighted by Gasteiger charge is 2.20. The van der Waals surface area contributed by atoms with Crippen molar-refractivity contribution in [2.75, 3.05) is 0 Å². The van der Waals surface area contributed by atoms with Gasteiger partial charge in [-0.2, -0.15) is 4.57 Å². The molecule has 2 aromatic carbocycles. The maximum absolute atomic E-state index is 8.67. The summed E-state index contributed by atoms with van der Waals surface area (Å²) in [5, 5.41) is 2.22. The predicted molar refractivity (Wildman–Crippen MR) is 108 cm³/mol. The van der Waals surface area contributed by atoms with Crippen molar-refractivity contribution >= 4 is 10.8 Å². The molecule has 0 fully saturated rings. The van der Waals surface area contributed by atoms with E-state index in [-0.39, 0.29) is 0 Å². The fraction of sp³-hybridized carbons (Fsp3) is 0.375. The molecule has 0 aliphatic rings. The molecule has 3 rings (SSSR count). The third-order valence-electron chi connectivity index (χ3n) is 5.30. The zero-order chi connectivity index (χ0) is 19.2. The molecule has 25 heavy (non-hydrogen) atoms. The molecule has 1 heterocycles. The third-order valence-corrected chi connectivity index (χ3v) is 5.30. The molecular weight excluding hydrogens is 302 g/mol. The van der Waals surface area contributed by atoms with Gasteiger partial charge in [0.2, 0.25) is 5.69 Å². The van der Waals surface area contributed by atoms with Gasteiger partial charge in [0.15, 0.2) is 5.69 Å². The first-order valence-electron chi connectivity index (χ1n) is 9.76. The molecule has 0 aliphatic heterocycles. The summed E-state index contributed by atoms with van der Waals surface area (Å²) in [5.74, 6) is 0.956. The Labute approximate surface area is 153 Å². The molecule has 0 bridgehead atoms. The fourth-order valence-electron chi connectivity index (χ4n) is 3.44. The quantitative estimate of drug-likeness (QED) is 0.503. The Morgan fingerprint density at radius 3 is 2.12 bits per heavy atom. The number of aryl methyl sites for hydroxylation is 1. The first kappa shape index (κ1) is 16.3. The second-order valence-corrected chi connectivity index (χ2v) is 7.81. The second-order valence-electron chi connectivity index (χ2n) is 7.81. The molecule has 0 N–H and O–H groups in total. The number of pyridine rings is 1. The summed E-state index contributed by atoms with van der Waals surface area (Å²) in [5.41, 5.74) is 7.40. The van der Waals surface area contributed by atoms with Gasteiger partial charge < -0.3 is 0 Å². The van der Waals surface area contributed by atoms with Crippen molar-refractivity contribution in [3.63, 3.8) is 0 Å². The van der Waals surface area contributed by atoms with E-state index in [1.165, 1.54) is 27.9 Å². The van der Waals surface area contributed by atoms with E-state index < -0.39 is 0 Å². The van der Waals surface area contributed by atoms with E-state index in [9.17, 15) is 0 Å². The number of nitrogens with zero attached hydrogens (tertiary/aromatic N) is 1. The molecule has 1 heteroatoms. The molecule has 0 unspecified atom stereocenters. The predicted octanol–water partition coefficient (Wildman–Crippen LogP) is 6.19. The van der Waals surface area contributed by atoms with Crippen LogP contribution in [-0.2, 0) is 7.05 Å². The lowest BCUT2D eigenvalue weighted by atomic mass is 9.92. The van der Waals surface area contributed by atoms with Crippen LogP contribution in [0.1, 0.15) is 63.3 Å². The van der Waals surface area contributed by atoms with Crippen LogP contribution in [0.15, 0.2) is 42.4 Å². The van der Waals surface area contributed by atoms with Gasteiger partial charge in [-0.3, -0.25) is 0 Å². The van der Waals surface area contributed by atoms with Gasteiger partial charge in [0, 0.05) is 18.5 Å². The summed E-state index contributed by atoms with van der Waals surface area (Å²) in [7, 11) is 2.08. The highest BCUT2D eigenvalue weighted by atomic mass is 14.9. The van der Waals surface area contributed by atoms with Crippen molar-refractivity contribution in [3.05, 3.63) is 64.8 Å². The summed E-state index contributed by atoms with van der Waals surface area (Å²) >= 11 is 0. The largest absolute Gasteiger partial charge is 0.220 e. The molecule has 0 saturated carbocycles. The zero-order valence-electron chi connectivity index (χ0n) is 17.6. The van der Waals surface area contributed by atoms with Crippen LogP contribution >= 0.6 is 0 Å². The van der Waals surface area contributed by atoms with E-state index in [2.05, 4.69) is 89.6 Å². The summed E-state index contributed by atoms with van der Waals surface area (Å²) in [6, 6.07) is 14.0. The average molecular weight is 334 g/mol. The number of aromatic nitrogens is 1. The topological polar surface area (TPSA) is 3.88 Å². The van der Waals surface area contributed by atoms with Gasteiger partial charge in [-0.15, -0.1) is 0 Å². The molecule has 0 saturated heterocycles. The van der Waals surface area contributed by atoms with Crippen molar-refractivity contribution in [3.8, 4) is 11.3 Å². The number of hydrogen-bond acceptors (Lipinski definition) is 0. The van der Waals surface area contributed by atoms with Gasteiger partial charge in [-0.1, -0.05) is 52.0 Å². The Bertz CT molecular complexity index is 983. The standard InChI is InChI=1S/C24H30N/c1-15(2)19-10-11-22-21(13-19)12-18(6)25(7)24(22)23-14-20(16(3)4)9-8-17(23)5/h8-16H,1-7H3/q+1/i12D. The monoisotopic (exact) mass is 333 g/mol. The Morgan fingerprint density at radius 2 is 1.48 bits per heavy atom. The van der Waals surface area contributed by atoms with Crippen molar-refractivity contribution in [2.24, 2.45) is 7.05 Å². The zero-order valence-corrected chi connectivity index (χ0v) is 16.6. The van der Waals surface area contributed by atoms with E-state index in [0.717, 1.165) is 16.5 Å². The van der Waals surface area contributed by atoms with Crippen LogP contribution in [0.25, 0.3) is 22.0 Å². The first-order valence-corrected chi connectivity index (χ1v) is 9.26. The fourth-order valence-corrected chi connectivity index (χ4v) is 3.44. The minimum atomic E-state index is 0.461. The summed E-state index contributed by atoms with van der Waals surface area (Å²) in [4.78, 5) is 0. The van der Waals surface area contributed by atoms with Gasteiger partial charge in [0.05, 0.1) is 6.76 Å². The lowest BCUT2D eigenvalue weighted by Gasteiger charge is -2.14. The van der Waals surface area contributed by atoms with Crippen molar-refractivity contribution in [1.29, 1.82) is 0 Å². The highest BCUT2D eigenvalue weighted by Crippen LogP contribution is 2.32. The number of benzene rings is 2. The van der Waals surface area contributed by atoms with Crippen molar-refractivity contribution in [2.45, 2.75) is 53.4 Å². The van der Waals surface area contributed by atoms with Crippen LogP contribution in [0, 0.1) is 13.8 Å². The van der Waals surface area contributed by atoms with Gasteiger partial charge in [0.25, 0.3) is 0 Å². The molecule has 1 aromatic heterocycles. The highest BCUT2D eigenvalue weighted by molar-refractivity contribution is 5.94. The van der Waals surface area contributed by atoms with Gasteiger partial charge >= 0.3 is 0 Å². The van der Waals surface area contributed by atoms with E-state index in [4.69, 9.17) is 1.37 Å². The maximum atomic E-state index is 8.67. The van der Waals surface area contributed by atoms with Crippen LogP contribution < -0.4 is 4.57 Å². The van der Waals surface area contributed by atoms with Crippen LogP contribution in [-0.4, -0.2) is 0 Å². The van der Waals surface area contributed by atoms with Gasteiger partial charge in [-0.05, 0) is 53.0 Å². The molecule has 0 radical (unpaired) electrons. The summed E-state index contributed by atoms with van der Waals surface area (Å²) in [6.07, 6.45) is 0. The van der Waals surface area contributed by atoms with Crippen molar-refractivity contribution < 1.29 is 5.94 Å². The van der Waals surface area contributed by atoms with E-state index in [0.29, 0.717) is 17.9 Å². The molecule has 3 aromatic rings. The second kappa shape index (κ2) is 6.63.